The van der Waals surface area contributed by atoms with Crippen molar-refractivity contribution in [2.45, 2.75) is 44.0 Å². The van der Waals surface area contributed by atoms with Crippen molar-refractivity contribution < 1.29 is 8.42 Å². The van der Waals surface area contributed by atoms with E-state index in [-0.39, 0.29) is 16.8 Å². The molecule has 1 aromatic heterocycles. The molecule has 1 saturated heterocycles. The van der Waals surface area contributed by atoms with Crippen molar-refractivity contribution in [3.05, 3.63) is 0 Å². The van der Waals surface area contributed by atoms with E-state index in [0.29, 0.717) is 5.82 Å². The molecule has 19 heavy (non-hydrogen) atoms. The van der Waals surface area contributed by atoms with Gasteiger partial charge in [-0.2, -0.15) is 5.10 Å². The lowest BCUT2D eigenvalue weighted by Crippen LogP contribution is -2.31. The molecule has 0 aromatic carbocycles. The number of nitrogens with zero attached hydrogens (tertiary/aromatic N) is 3. The lowest BCUT2D eigenvalue weighted by molar-refractivity contribution is 0.528. The van der Waals surface area contributed by atoms with Gasteiger partial charge in [-0.15, -0.1) is 0 Å². The first kappa shape index (κ1) is 14.2. The average molecular weight is 286 g/mol. The van der Waals surface area contributed by atoms with Crippen molar-refractivity contribution in [3.63, 3.8) is 0 Å². The minimum Gasteiger partial charge on any atom is -0.383 e. The predicted octanol–water partition coefficient (Wildman–Crippen LogP) is 1.44. The Kier molecular flexibility index (Phi) is 3.75. The van der Waals surface area contributed by atoms with Crippen molar-refractivity contribution in [1.29, 1.82) is 0 Å². The zero-order valence-electron chi connectivity index (χ0n) is 11.8. The van der Waals surface area contributed by atoms with Crippen LogP contribution in [-0.2, 0) is 9.84 Å². The molecule has 1 aliphatic rings. The molecule has 2 heterocycles. The molecule has 1 aromatic rings. The number of rotatable bonds is 3. The molecule has 108 valence electrons. The maximum atomic E-state index is 12.0. The van der Waals surface area contributed by atoms with Crippen LogP contribution in [0.4, 0.5) is 11.6 Å². The van der Waals surface area contributed by atoms with Gasteiger partial charge in [-0.05, 0) is 33.1 Å². The Balaban J connectivity index is 2.55. The number of hydrogen-bond acceptors (Lipinski definition) is 5. The van der Waals surface area contributed by atoms with Gasteiger partial charge in [-0.1, -0.05) is 0 Å². The Morgan fingerprint density at radius 2 is 1.79 bits per heavy atom. The van der Waals surface area contributed by atoms with Crippen LogP contribution < -0.4 is 10.6 Å². The normalized spacial score (nSPS) is 17.2. The number of hydrogen-bond donors (Lipinski definition) is 1. The summed E-state index contributed by atoms with van der Waals surface area (Å²) in [6, 6.07) is 0.0408. The highest BCUT2D eigenvalue weighted by Gasteiger charge is 2.29. The highest BCUT2D eigenvalue weighted by atomic mass is 32.2. The summed E-state index contributed by atoms with van der Waals surface area (Å²) in [4.78, 5) is 2.22. The molecular weight excluding hydrogens is 264 g/mol. The van der Waals surface area contributed by atoms with Gasteiger partial charge in [0.2, 0.25) is 0 Å². The van der Waals surface area contributed by atoms with Gasteiger partial charge in [0.1, 0.15) is 5.82 Å². The third kappa shape index (κ3) is 2.70. The number of sulfone groups is 1. The Morgan fingerprint density at radius 3 is 2.26 bits per heavy atom. The molecule has 1 fully saturated rings. The fourth-order valence-corrected chi connectivity index (χ4v) is 3.46. The third-order valence-electron chi connectivity index (χ3n) is 3.40. The second kappa shape index (κ2) is 5.03. The Bertz CT molecular complexity index is 557. The van der Waals surface area contributed by atoms with Crippen LogP contribution in [0.2, 0.25) is 0 Å². The summed E-state index contributed by atoms with van der Waals surface area (Å²) in [5.41, 5.74) is 5.99. The fourth-order valence-electron chi connectivity index (χ4n) is 2.48. The van der Waals surface area contributed by atoms with E-state index in [1.165, 1.54) is 12.7 Å². The van der Waals surface area contributed by atoms with Crippen molar-refractivity contribution in [1.82, 2.24) is 9.78 Å². The standard InChI is InChI=1S/C12H22N4O2S/c1-9(2)16-11(13)10(19(3,17)18)12(14-16)15-7-5-4-6-8-15/h9H,4-8,13H2,1-3H3. The lowest BCUT2D eigenvalue weighted by Gasteiger charge is -2.27. The van der Waals surface area contributed by atoms with E-state index < -0.39 is 9.84 Å². The van der Waals surface area contributed by atoms with Crippen LogP contribution in [0.5, 0.6) is 0 Å². The summed E-state index contributed by atoms with van der Waals surface area (Å²) in [7, 11) is -3.38. The molecule has 2 N–H and O–H groups in total. The first-order valence-electron chi connectivity index (χ1n) is 6.65. The van der Waals surface area contributed by atoms with Crippen LogP contribution in [0.1, 0.15) is 39.2 Å². The molecular formula is C12H22N4O2S. The van der Waals surface area contributed by atoms with Gasteiger partial charge in [0, 0.05) is 25.4 Å². The van der Waals surface area contributed by atoms with Gasteiger partial charge in [-0.25, -0.2) is 13.1 Å². The van der Waals surface area contributed by atoms with Crippen LogP contribution >= 0.6 is 0 Å². The largest absolute Gasteiger partial charge is 0.383 e. The zero-order chi connectivity index (χ0) is 14.2. The van der Waals surface area contributed by atoms with Gasteiger partial charge in [-0.3, -0.25) is 0 Å². The van der Waals surface area contributed by atoms with Crippen molar-refractivity contribution >= 4 is 21.5 Å². The number of nitrogens with two attached hydrogens (primary N) is 1. The van der Waals surface area contributed by atoms with Gasteiger partial charge in [0.05, 0.1) is 0 Å². The molecule has 0 aliphatic carbocycles. The molecule has 0 radical (unpaired) electrons. The molecule has 0 saturated carbocycles. The summed E-state index contributed by atoms with van der Waals surface area (Å²) in [5.74, 6) is 0.770. The van der Waals surface area contributed by atoms with Crippen molar-refractivity contribution in [2.24, 2.45) is 0 Å². The zero-order valence-corrected chi connectivity index (χ0v) is 12.6. The highest BCUT2D eigenvalue weighted by Crippen LogP contribution is 2.33. The third-order valence-corrected chi connectivity index (χ3v) is 4.53. The Hall–Kier alpha value is -1.24. The maximum absolute atomic E-state index is 12.0. The molecule has 0 amide bonds. The smallest absolute Gasteiger partial charge is 0.182 e. The monoisotopic (exact) mass is 286 g/mol. The van der Waals surface area contributed by atoms with Gasteiger partial charge < -0.3 is 10.6 Å². The Labute approximate surface area is 114 Å². The van der Waals surface area contributed by atoms with E-state index >= 15 is 0 Å². The molecule has 0 atom stereocenters. The predicted molar refractivity (Wildman–Crippen MR) is 76.2 cm³/mol. The molecule has 2 rings (SSSR count). The van der Waals surface area contributed by atoms with Crippen LogP contribution in [0, 0.1) is 0 Å². The van der Waals surface area contributed by atoms with Crippen LogP contribution in [0.25, 0.3) is 0 Å². The van der Waals surface area contributed by atoms with Gasteiger partial charge in [0.15, 0.2) is 20.6 Å². The minimum atomic E-state index is -3.38. The topological polar surface area (TPSA) is 81.2 Å². The van der Waals surface area contributed by atoms with E-state index in [0.717, 1.165) is 25.9 Å². The average Bonchev–Trinajstić information content (AvgIpc) is 2.68. The number of anilines is 2. The number of piperidine rings is 1. The summed E-state index contributed by atoms with van der Waals surface area (Å²) in [5, 5.41) is 4.44. The van der Waals surface area contributed by atoms with Gasteiger partial charge in [0.25, 0.3) is 0 Å². The molecule has 0 spiro atoms. The first-order valence-corrected chi connectivity index (χ1v) is 8.54. The summed E-state index contributed by atoms with van der Waals surface area (Å²) in [6.45, 7) is 5.57. The lowest BCUT2D eigenvalue weighted by atomic mass is 10.1. The van der Waals surface area contributed by atoms with Gasteiger partial charge >= 0.3 is 0 Å². The van der Waals surface area contributed by atoms with Crippen molar-refractivity contribution in [2.75, 3.05) is 30.0 Å². The summed E-state index contributed by atoms with van der Waals surface area (Å²) >= 11 is 0. The molecule has 1 aliphatic heterocycles. The summed E-state index contributed by atoms with van der Waals surface area (Å²) in [6.07, 6.45) is 4.51. The minimum absolute atomic E-state index is 0.0408. The van der Waals surface area contributed by atoms with E-state index in [4.69, 9.17) is 5.73 Å². The second-order valence-corrected chi connectivity index (χ2v) is 7.35. The van der Waals surface area contributed by atoms with Crippen LogP contribution in [0.3, 0.4) is 0 Å². The van der Waals surface area contributed by atoms with E-state index in [9.17, 15) is 8.42 Å². The number of nitrogen functional groups attached to an aromatic ring is 1. The molecule has 0 unspecified atom stereocenters. The van der Waals surface area contributed by atoms with E-state index in [1.807, 2.05) is 18.7 Å². The molecule has 0 bridgehead atoms. The second-order valence-electron chi connectivity index (χ2n) is 5.40. The van der Waals surface area contributed by atoms with E-state index in [2.05, 4.69) is 5.10 Å². The fraction of sp³-hybridized carbons (Fsp3) is 0.750. The highest BCUT2D eigenvalue weighted by molar-refractivity contribution is 7.91. The maximum Gasteiger partial charge on any atom is 0.182 e. The quantitative estimate of drug-likeness (QED) is 0.909. The SMILES string of the molecule is CC(C)n1nc(N2CCCCC2)c(S(C)(=O)=O)c1N. The first-order chi connectivity index (χ1) is 8.82. The van der Waals surface area contributed by atoms with Crippen molar-refractivity contribution in [3.8, 4) is 0 Å². The Morgan fingerprint density at radius 1 is 1.21 bits per heavy atom. The number of aromatic nitrogens is 2. The molecule has 7 heteroatoms. The molecule has 6 nitrogen and oxygen atoms in total. The summed E-state index contributed by atoms with van der Waals surface area (Å²) < 4.78 is 25.6. The van der Waals surface area contributed by atoms with Crippen LogP contribution in [0.15, 0.2) is 4.90 Å². The van der Waals surface area contributed by atoms with E-state index in [1.54, 1.807) is 4.68 Å². The van der Waals surface area contributed by atoms with Crippen LogP contribution in [-0.4, -0.2) is 37.5 Å².